The second kappa shape index (κ2) is 6.71. The molecular weight excluding hydrogens is 251 g/mol. The fraction of sp³-hybridized carbons (Fsp3) is 0.412. The van der Waals surface area contributed by atoms with E-state index in [2.05, 4.69) is 36.7 Å². The van der Waals surface area contributed by atoms with Gasteiger partial charge in [-0.1, -0.05) is 18.2 Å². The molecule has 108 valence electrons. The Morgan fingerprint density at radius 2 is 1.90 bits per heavy atom. The molecule has 1 aromatic heterocycles. The molecule has 20 heavy (non-hydrogen) atoms. The summed E-state index contributed by atoms with van der Waals surface area (Å²) in [4.78, 5) is 0. The second-order valence-corrected chi connectivity index (χ2v) is 5.16. The van der Waals surface area contributed by atoms with Gasteiger partial charge in [0.2, 0.25) is 0 Å². The quantitative estimate of drug-likeness (QED) is 0.796. The Balaban J connectivity index is 1.86. The summed E-state index contributed by atoms with van der Waals surface area (Å²) in [5.41, 5.74) is 4.73. The van der Waals surface area contributed by atoms with Gasteiger partial charge in [-0.2, -0.15) is 0 Å². The van der Waals surface area contributed by atoms with Crippen LogP contribution in [-0.4, -0.2) is 11.1 Å². The average Bonchev–Trinajstić information content (AvgIpc) is 2.71. The van der Waals surface area contributed by atoms with E-state index in [-0.39, 0.29) is 5.82 Å². The summed E-state index contributed by atoms with van der Waals surface area (Å²) in [6, 6.07) is 9.21. The summed E-state index contributed by atoms with van der Waals surface area (Å²) in [6.45, 7) is 9.09. The molecule has 2 rings (SSSR count). The van der Waals surface area contributed by atoms with Crippen LogP contribution >= 0.6 is 0 Å². The number of hydrogen-bond donors (Lipinski definition) is 1. The van der Waals surface area contributed by atoms with Gasteiger partial charge in [0.15, 0.2) is 0 Å². The Morgan fingerprint density at radius 1 is 1.15 bits per heavy atom. The third-order valence-electron chi connectivity index (χ3n) is 3.84. The maximum absolute atomic E-state index is 13.5. The predicted molar refractivity (Wildman–Crippen MR) is 81.4 cm³/mol. The molecule has 0 bridgehead atoms. The van der Waals surface area contributed by atoms with Gasteiger partial charge in [0.25, 0.3) is 0 Å². The van der Waals surface area contributed by atoms with Crippen molar-refractivity contribution < 1.29 is 4.39 Å². The molecule has 0 fully saturated rings. The predicted octanol–water partition coefficient (Wildman–Crippen LogP) is 3.60. The monoisotopic (exact) mass is 274 g/mol. The summed E-state index contributed by atoms with van der Waals surface area (Å²) in [6.07, 6.45) is 0.721. The molecule has 1 aromatic carbocycles. The number of hydrogen-bond acceptors (Lipinski definition) is 1. The molecule has 2 nitrogen and oxygen atoms in total. The molecule has 2 aromatic rings. The van der Waals surface area contributed by atoms with Gasteiger partial charge in [-0.05, 0) is 57.0 Å². The molecule has 0 amide bonds. The lowest BCUT2D eigenvalue weighted by atomic mass is 10.1. The highest BCUT2D eigenvalue weighted by Crippen LogP contribution is 2.14. The van der Waals surface area contributed by atoms with Crippen LogP contribution in [0.1, 0.15) is 29.4 Å². The Morgan fingerprint density at radius 3 is 2.55 bits per heavy atom. The lowest BCUT2D eigenvalue weighted by Crippen LogP contribution is -2.17. The van der Waals surface area contributed by atoms with E-state index in [1.807, 2.05) is 12.1 Å². The van der Waals surface area contributed by atoms with Crippen LogP contribution in [0.2, 0.25) is 0 Å². The van der Waals surface area contributed by atoms with Crippen LogP contribution in [0.5, 0.6) is 0 Å². The molecular formula is C17H23FN2. The number of rotatable bonds is 6. The summed E-state index contributed by atoms with van der Waals surface area (Å²) >= 11 is 0. The molecule has 3 heteroatoms. The first-order valence-electron chi connectivity index (χ1n) is 7.23. The molecule has 0 aliphatic heterocycles. The van der Waals surface area contributed by atoms with Crippen LogP contribution < -0.4 is 5.32 Å². The molecule has 1 N–H and O–H groups in total. The van der Waals surface area contributed by atoms with E-state index in [0.29, 0.717) is 0 Å². The third kappa shape index (κ3) is 3.28. The van der Waals surface area contributed by atoms with Gasteiger partial charge in [0.05, 0.1) is 0 Å². The van der Waals surface area contributed by atoms with Gasteiger partial charge in [0, 0.05) is 24.5 Å². The van der Waals surface area contributed by atoms with Crippen molar-refractivity contribution in [2.24, 2.45) is 0 Å². The Hall–Kier alpha value is -1.61. The van der Waals surface area contributed by atoms with Gasteiger partial charge in [-0.15, -0.1) is 0 Å². The van der Waals surface area contributed by atoms with Crippen molar-refractivity contribution in [3.8, 4) is 0 Å². The summed E-state index contributed by atoms with van der Waals surface area (Å²) in [7, 11) is 0. The van der Waals surface area contributed by atoms with Crippen LogP contribution in [0.25, 0.3) is 0 Å². The van der Waals surface area contributed by atoms with Gasteiger partial charge in [-0.3, -0.25) is 0 Å². The van der Waals surface area contributed by atoms with E-state index in [0.717, 1.165) is 31.6 Å². The van der Waals surface area contributed by atoms with Crippen molar-refractivity contribution in [3.63, 3.8) is 0 Å². The summed E-state index contributed by atoms with van der Waals surface area (Å²) in [5.74, 6) is -0.113. The molecule has 0 saturated heterocycles. The summed E-state index contributed by atoms with van der Waals surface area (Å²) < 4.78 is 15.8. The van der Waals surface area contributed by atoms with E-state index in [4.69, 9.17) is 0 Å². The lowest BCUT2D eigenvalue weighted by molar-refractivity contribution is 0.597. The van der Waals surface area contributed by atoms with Crippen molar-refractivity contribution in [2.45, 2.75) is 40.3 Å². The SMILES string of the molecule is CCn1c(C)cc(CNCCc2ccccc2F)c1C. The molecule has 0 atom stereocenters. The zero-order valence-electron chi connectivity index (χ0n) is 12.5. The number of benzene rings is 1. The first kappa shape index (κ1) is 14.8. The first-order valence-corrected chi connectivity index (χ1v) is 7.23. The lowest BCUT2D eigenvalue weighted by Gasteiger charge is -2.08. The van der Waals surface area contributed by atoms with Gasteiger partial charge in [0.1, 0.15) is 5.82 Å². The molecule has 1 heterocycles. The van der Waals surface area contributed by atoms with Gasteiger partial charge >= 0.3 is 0 Å². The zero-order chi connectivity index (χ0) is 14.5. The average molecular weight is 274 g/mol. The van der Waals surface area contributed by atoms with Crippen LogP contribution in [0.4, 0.5) is 4.39 Å². The molecule has 0 aliphatic rings. The minimum absolute atomic E-state index is 0.113. The number of halogens is 1. The minimum Gasteiger partial charge on any atom is -0.349 e. The minimum atomic E-state index is -0.113. The Bertz CT molecular complexity index is 572. The number of aromatic nitrogens is 1. The maximum Gasteiger partial charge on any atom is 0.126 e. The first-order chi connectivity index (χ1) is 9.63. The van der Waals surface area contributed by atoms with Crippen molar-refractivity contribution in [1.82, 2.24) is 9.88 Å². The fourth-order valence-corrected chi connectivity index (χ4v) is 2.69. The highest BCUT2D eigenvalue weighted by Gasteiger charge is 2.07. The number of nitrogens with one attached hydrogen (secondary N) is 1. The standard InChI is InChI=1S/C17H23FN2/c1-4-20-13(2)11-16(14(20)3)12-19-10-9-15-7-5-6-8-17(15)18/h5-8,11,19H,4,9-10,12H2,1-3H3. The van der Waals surface area contributed by atoms with E-state index in [9.17, 15) is 4.39 Å². The molecule has 0 radical (unpaired) electrons. The van der Waals surface area contributed by atoms with Crippen LogP contribution in [0, 0.1) is 19.7 Å². The van der Waals surface area contributed by atoms with Crippen LogP contribution in [0.3, 0.4) is 0 Å². The van der Waals surface area contributed by atoms with Gasteiger partial charge in [-0.25, -0.2) is 4.39 Å². The van der Waals surface area contributed by atoms with E-state index in [1.165, 1.54) is 23.0 Å². The zero-order valence-corrected chi connectivity index (χ0v) is 12.5. The fourth-order valence-electron chi connectivity index (χ4n) is 2.69. The van der Waals surface area contributed by atoms with Crippen molar-refractivity contribution in [3.05, 3.63) is 58.7 Å². The van der Waals surface area contributed by atoms with Crippen molar-refractivity contribution in [2.75, 3.05) is 6.54 Å². The molecule has 0 saturated carbocycles. The van der Waals surface area contributed by atoms with Gasteiger partial charge < -0.3 is 9.88 Å². The van der Waals surface area contributed by atoms with E-state index < -0.39 is 0 Å². The van der Waals surface area contributed by atoms with E-state index >= 15 is 0 Å². The second-order valence-electron chi connectivity index (χ2n) is 5.16. The Labute approximate surface area is 120 Å². The highest BCUT2D eigenvalue weighted by atomic mass is 19.1. The molecule has 0 spiro atoms. The summed E-state index contributed by atoms with van der Waals surface area (Å²) in [5, 5.41) is 3.40. The normalized spacial score (nSPS) is 11.0. The van der Waals surface area contributed by atoms with Crippen molar-refractivity contribution in [1.29, 1.82) is 0 Å². The maximum atomic E-state index is 13.5. The van der Waals surface area contributed by atoms with Crippen LogP contribution in [0.15, 0.2) is 30.3 Å². The van der Waals surface area contributed by atoms with Crippen LogP contribution in [-0.2, 0) is 19.5 Å². The topological polar surface area (TPSA) is 17.0 Å². The highest BCUT2D eigenvalue weighted by molar-refractivity contribution is 5.26. The molecule has 0 aliphatic carbocycles. The number of nitrogens with zero attached hydrogens (tertiary/aromatic N) is 1. The van der Waals surface area contributed by atoms with E-state index in [1.54, 1.807) is 6.07 Å². The Kier molecular flexibility index (Phi) is 4.96. The number of aryl methyl sites for hydroxylation is 1. The van der Waals surface area contributed by atoms with Crippen molar-refractivity contribution >= 4 is 0 Å². The largest absolute Gasteiger partial charge is 0.349 e. The third-order valence-corrected chi connectivity index (χ3v) is 3.84. The smallest absolute Gasteiger partial charge is 0.126 e. The molecule has 0 unspecified atom stereocenters.